The third-order valence-corrected chi connectivity index (χ3v) is 11.6. The molecule has 3 nitrogen and oxygen atoms in total. The molecule has 304 valence electrons. The van der Waals surface area contributed by atoms with Gasteiger partial charge in [0, 0.05) is 50.3 Å². The van der Waals surface area contributed by atoms with Crippen LogP contribution in [0.25, 0.3) is 68.6 Å². The van der Waals surface area contributed by atoms with Gasteiger partial charge in [0.25, 0.3) is 0 Å². The van der Waals surface area contributed by atoms with Gasteiger partial charge in [0.15, 0.2) is 0 Å². The van der Waals surface area contributed by atoms with Crippen LogP contribution < -0.4 is 4.90 Å². The van der Waals surface area contributed by atoms with E-state index in [1.165, 1.54) is 38.6 Å². The maximum absolute atomic E-state index is 4.14. The molecule has 9 aromatic rings. The average Bonchev–Trinajstić information content (AvgIpc) is 3.80. The summed E-state index contributed by atoms with van der Waals surface area (Å²) >= 11 is 0. The molecule has 0 aliphatic carbocycles. The van der Waals surface area contributed by atoms with Crippen molar-refractivity contribution in [2.75, 3.05) is 4.90 Å². The van der Waals surface area contributed by atoms with Gasteiger partial charge in [-0.2, -0.15) is 0 Å². The lowest BCUT2D eigenvalue weighted by Crippen LogP contribution is -2.10. The fraction of sp³-hybridized carbons (Fsp3) is 0.0847. The first-order valence-corrected chi connectivity index (χ1v) is 21.3. The Balaban J connectivity index is 0.000000320. The lowest BCUT2D eigenvalue weighted by Gasteiger charge is -2.26. The maximum atomic E-state index is 4.14. The SMILES string of the molecule is C=Cc1c(/C=C\C)n(-c2ccc(N(c3ccc(C)cc3)c3ccc(-n4c(/C=C\C)c(C=C)c5ccccc54)cc3)cc2)c2ccccc12.Cc1ccccc1-c1ccccc1C. The van der Waals surface area contributed by atoms with Gasteiger partial charge in [-0.1, -0.05) is 140 Å². The molecule has 0 bridgehead atoms. The Labute approximate surface area is 367 Å². The Bertz CT molecular complexity index is 2890. The number of allylic oxidation sites excluding steroid dienone is 2. The van der Waals surface area contributed by atoms with Crippen LogP contribution in [0.15, 0.2) is 195 Å². The van der Waals surface area contributed by atoms with Crippen LogP contribution in [0.3, 0.4) is 0 Å². The number of hydrogen-bond donors (Lipinski definition) is 0. The Hall–Kier alpha value is -7.62. The zero-order valence-corrected chi connectivity index (χ0v) is 36.4. The van der Waals surface area contributed by atoms with Crippen molar-refractivity contribution in [2.45, 2.75) is 34.6 Å². The van der Waals surface area contributed by atoms with Crippen LogP contribution in [0, 0.1) is 20.8 Å². The summed E-state index contributed by atoms with van der Waals surface area (Å²) in [5.41, 5.74) is 18.9. The third kappa shape index (κ3) is 7.89. The Morgan fingerprint density at radius 1 is 0.419 bits per heavy atom. The second-order valence-electron chi connectivity index (χ2n) is 15.5. The number of rotatable bonds is 10. The van der Waals surface area contributed by atoms with Crippen molar-refractivity contribution in [3.05, 3.63) is 234 Å². The van der Waals surface area contributed by atoms with Gasteiger partial charge < -0.3 is 14.0 Å². The highest BCUT2D eigenvalue weighted by Crippen LogP contribution is 2.39. The number of benzene rings is 7. The van der Waals surface area contributed by atoms with Crippen LogP contribution in [0.4, 0.5) is 17.1 Å². The van der Waals surface area contributed by atoms with Crippen LogP contribution in [0.2, 0.25) is 0 Å². The van der Waals surface area contributed by atoms with Crippen molar-refractivity contribution < 1.29 is 0 Å². The summed E-state index contributed by atoms with van der Waals surface area (Å²) in [5, 5.41) is 2.39. The molecule has 0 radical (unpaired) electrons. The first-order chi connectivity index (χ1) is 30.4. The number of para-hydroxylation sites is 2. The normalized spacial score (nSPS) is 11.3. The Morgan fingerprint density at radius 2 is 0.774 bits per heavy atom. The van der Waals surface area contributed by atoms with E-state index >= 15 is 0 Å². The summed E-state index contributed by atoms with van der Waals surface area (Å²) in [7, 11) is 0. The molecule has 0 aliphatic rings. The number of aryl methyl sites for hydroxylation is 3. The van der Waals surface area contributed by atoms with E-state index in [0.29, 0.717) is 0 Å². The number of aromatic nitrogens is 2. The molecule has 0 fully saturated rings. The number of hydrogen-bond acceptors (Lipinski definition) is 1. The van der Waals surface area contributed by atoms with E-state index in [1.54, 1.807) is 0 Å². The molecule has 2 aromatic heterocycles. The highest BCUT2D eigenvalue weighted by molar-refractivity contribution is 5.96. The number of fused-ring (bicyclic) bond motifs is 2. The summed E-state index contributed by atoms with van der Waals surface area (Å²) in [4.78, 5) is 2.32. The quantitative estimate of drug-likeness (QED) is 0.134. The molecule has 7 aromatic carbocycles. The highest BCUT2D eigenvalue weighted by Gasteiger charge is 2.18. The summed E-state index contributed by atoms with van der Waals surface area (Å²) in [6, 6.07) is 60.5. The minimum Gasteiger partial charge on any atom is -0.311 e. The topological polar surface area (TPSA) is 13.1 Å². The first-order valence-electron chi connectivity index (χ1n) is 21.3. The molecule has 9 rings (SSSR count). The molecule has 0 unspecified atom stereocenters. The second-order valence-corrected chi connectivity index (χ2v) is 15.5. The van der Waals surface area contributed by atoms with Crippen LogP contribution >= 0.6 is 0 Å². The molecular formula is C59H53N3. The smallest absolute Gasteiger partial charge is 0.0541 e. The van der Waals surface area contributed by atoms with Crippen molar-refractivity contribution in [2.24, 2.45) is 0 Å². The lowest BCUT2D eigenvalue weighted by atomic mass is 9.97. The van der Waals surface area contributed by atoms with Gasteiger partial charge in [0.05, 0.1) is 22.4 Å². The van der Waals surface area contributed by atoms with E-state index in [1.807, 2.05) is 12.2 Å². The zero-order valence-electron chi connectivity index (χ0n) is 36.4. The summed E-state index contributed by atoms with van der Waals surface area (Å²) in [6.07, 6.45) is 12.4. The molecule has 0 spiro atoms. The van der Waals surface area contributed by atoms with Gasteiger partial charge in [-0.25, -0.2) is 0 Å². The van der Waals surface area contributed by atoms with E-state index in [0.717, 1.165) is 62.0 Å². The van der Waals surface area contributed by atoms with Crippen molar-refractivity contribution in [3.63, 3.8) is 0 Å². The van der Waals surface area contributed by atoms with E-state index in [4.69, 9.17) is 0 Å². The van der Waals surface area contributed by atoms with Gasteiger partial charge in [-0.15, -0.1) is 0 Å². The maximum Gasteiger partial charge on any atom is 0.0541 e. The molecule has 2 heterocycles. The van der Waals surface area contributed by atoms with Gasteiger partial charge in [-0.05, 0) is 142 Å². The van der Waals surface area contributed by atoms with Crippen LogP contribution in [0.5, 0.6) is 0 Å². The second kappa shape index (κ2) is 18.3. The molecule has 0 saturated heterocycles. The van der Waals surface area contributed by atoms with E-state index in [2.05, 4.69) is 256 Å². The van der Waals surface area contributed by atoms with Crippen molar-refractivity contribution in [1.29, 1.82) is 0 Å². The standard InChI is InChI=1S/C45H39N3.C14H14/c1-6-14-42-38(8-3)40-16-10-12-18-44(40)47(42)36-28-24-34(25-29-36)46(33-22-20-32(5)21-23-33)35-26-30-37(31-27-35)48-43(15-7-2)39(9-4)41-17-11-13-19-45(41)48;1-11-7-3-5-9-13(11)14-10-6-4-8-12(14)2/h6-31H,3-4H2,1-2,5H3;3-10H,1-2H3/b14-6-,15-7-;. The average molecular weight is 804 g/mol. The first kappa shape index (κ1) is 41.1. The Morgan fingerprint density at radius 3 is 1.15 bits per heavy atom. The molecule has 3 heteroatoms. The summed E-state index contributed by atoms with van der Waals surface area (Å²) in [6.45, 7) is 18.8. The molecular weight excluding hydrogens is 751 g/mol. The molecule has 0 atom stereocenters. The number of anilines is 3. The van der Waals surface area contributed by atoms with Gasteiger partial charge in [-0.3, -0.25) is 0 Å². The van der Waals surface area contributed by atoms with Crippen LogP contribution in [-0.4, -0.2) is 9.13 Å². The minimum atomic E-state index is 1.08. The predicted octanol–water partition coefficient (Wildman–Crippen LogP) is 16.7. The molecule has 0 amide bonds. The summed E-state index contributed by atoms with van der Waals surface area (Å²) in [5.74, 6) is 0. The summed E-state index contributed by atoms with van der Waals surface area (Å²) < 4.78 is 4.64. The van der Waals surface area contributed by atoms with Crippen LogP contribution in [0.1, 0.15) is 53.1 Å². The van der Waals surface area contributed by atoms with E-state index in [-0.39, 0.29) is 0 Å². The zero-order chi connectivity index (χ0) is 43.2. The van der Waals surface area contributed by atoms with Crippen molar-refractivity contribution in [3.8, 4) is 22.5 Å². The molecule has 62 heavy (non-hydrogen) atoms. The molecule has 0 aliphatic heterocycles. The predicted molar refractivity (Wildman–Crippen MR) is 270 cm³/mol. The molecule has 0 saturated carbocycles. The fourth-order valence-corrected chi connectivity index (χ4v) is 8.59. The lowest BCUT2D eigenvalue weighted by molar-refractivity contribution is 1.10. The minimum absolute atomic E-state index is 1.08. The van der Waals surface area contributed by atoms with Crippen LogP contribution in [-0.2, 0) is 0 Å². The van der Waals surface area contributed by atoms with Crippen molar-refractivity contribution in [1.82, 2.24) is 9.13 Å². The number of nitrogens with zero attached hydrogens (tertiary/aromatic N) is 3. The highest BCUT2D eigenvalue weighted by atomic mass is 15.1. The van der Waals surface area contributed by atoms with E-state index in [9.17, 15) is 0 Å². The van der Waals surface area contributed by atoms with Gasteiger partial charge >= 0.3 is 0 Å². The Kier molecular flexibility index (Phi) is 12.2. The van der Waals surface area contributed by atoms with E-state index < -0.39 is 0 Å². The van der Waals surface area contributed by atoms with Gasteiger partial charge in [0.2, 0.25) is 0 Å². The molecule has 0 N–H and O–H groups in total. The third-order valence-electron chi connectivity index (χ3n) is 11.6. The van der Waals surface area contributed by atoms with Gasteiger partial charge in [0.1, 0.15) is 0 Å². The largest absolute Gasteiger partial charge is 0.311 e. The van der Waals surface area contributed by atoms with Crippen molar-refractivity contribution >= 4 is 63.2 Å². The fourth-order valence-electron chi connectivity index (χ4n) is 8.59. The monoisotopic (exact) mass is 803 g/mol.